The van der Waals surface area contributed by atoms with Crippen LogP contribution in [-0.4, -0.2) is 75.4 Å². The van der Waals surface area contributed by atoms with Gasteiger partial charge in [0.25, 0.3) is 11.8 Å². The van der Waals surface area contributed by atoms with E-state index < -0.39 is 42.7 Å². The number of hydrogen-bond acceptors (Lipinski definition) is 6. The number of urea groups is 1. The first-order valence-corrected chi connectivity index (χ1v) is 13.0. The number of aromatic nitrogens is 3. The second-order valence-electron chi connectivity index (χ2n) is 9.54. The third-order valence-electron chi connectivity index (χ3n) is 6.84. The summed E-state index contributed by atoms with van der Waals surface area (Å²) in [7, 11) is 2.97. The maximum Gasteiger partial charge on any atom is 0.410 e. The monoisotopic (exact) mass is 583 g/mol. The largest absolute Gasteiger partial charge is 0.410 e. The van der Waals surface area contributed by atoms with Gasteiger partial charge in [-0.3, -0.25) is 14.3 Å². The normalized spacial score (nSPS) is 20.2. The number of aryl methyl sites for hydroxylation is 1. The van der Waals surface area contributed by atoms with E-state index in [0.29, 0.717) is 31.2 Å². The molecule has 0 bridgehead atoms. The van der Waals surface area contributed by atoms with Crippen LogP contribution in [-0.2, 0) is 16.6 Å². The summed E-state index contributed by atoms with van der Waals surface area (Å²) in [6.07, 6.45) is 0.516. The molecule has 1 saturated heterocycles. The van der Waals surface area contributed by atoms with Crippen LogP contribution in [0, 0.1) is 0 Å². The number of halogens is 4. The molecule has 1 aliphatic heterocycles. The summed E-state index contributed by atoms with van der Waals surface area (Å²) in [4.78, 5) is 44.0. The molecule has 2 aromatic rings. The number of allylic oxidation sites excluding steroid dienone is 1. The summed E-state index contributed by atoms with van der Waals surface area (Å²) < 4.78 is 46.3. The summed E-state index contributed by atoms with van der Waals surface area (Å²) in [6, 6.07) is 0.726. The Bertz CT molecular complexity index is 1290. The van der Waals surface area contributed by atoms with Crippen LogP contribution in [0.4, 0.5) is 23.8 Å². The van der Waals surface area contributed by atoms with Gasteiger partial charge in [0.05, 0.1) is 19.2 Å². The van der Waals surface area contributed by atoms with Crippen molar-refractivity contribution in [3.63, 3.8) is 0 Å². The van der Waals surface area contributed by atoms with Crippen LogP contribution >= 0.6 is 11.6 Å². The van der Waals surface area contributed by atoms with E-state index in [1.807, 2.05) is 5.32 Å². The number of amides is 4. The van der Waals surface area contributed by atoms with E-state index in [-0.39, 0.29) is 29.2 Å². The highest BCUT2D eigenvalue weighted by molar-refractivity contribution is 6.20. The standard InChI is InChI=1S/C25H29ClF3N7O4/c1-35-17(8-10-31-35)22(37)34-21(14-3-5-16(26)6-4-14)23(38)33-20-11-15(7-9-30-20)18(13-40-2)36-12-19(25(27,28)29)32-24(36)39/h7-11,16,18-19H,3-6,12-13H2,1-2H3,(H,32,39)(H,34,37)(H,30,33,38)/t16?,18-,19+/m1/s1. The number of methoxy groups -OCH3 is 1. The molecule has 3 heterocycles. The number of carbonyl (C=O) groups excluding carboxylic acids is 3. The number of nitrogens with zero attached hydrogens (tertiary/aromatic N) is 4. The van der Waals surface area contributed by atoms with E-state index in [2.05, 4.69) is 20.7 Å². The molecule has 15 heteroatoms. The second-order valence-corrected chi connectivity index (χ2v) is 10.2. The van der Waals surface area contributed by atoms with Gasteiger partial charge in [0.2, 0.25) is 0 Å². The Balaban J connectivity index is 1.57. The molecular weight excluding hydrogens is 555 g/mol. The average molecular weight is 584 g/mol. The number of pyridine rings is 1. The van der Waals surface area contributed by atoms with Crippen LogP contribution in [0.2, 0.25) is 0 Å². The van der Waals surface area contributed by atoms with E-state index in [1.54, 1.807) is 7.05 Å². The van der Waals surface area contributed by atoms with Gasteiger partial charge in [-0.25, -0.2) is 9.78 Å². The quantitative estimate of drug-likeness (QED) is 0.323. The zero-order valence-corrected chi connectivity index (χ0v) is 22.6. The van der Waals surface area contributed by atoms with Gasteiger partial charge in [-0.15, -0.1) is 11.6 Å². The first-order valence-electron chi connectivity index (χ1n) is 12.5. The predicted molar refractivity (Wildman–Crippen MR) is 138 cm³/mol. The minimum Gasteiger partial charge on any atom is -0.382 e. The Morgan fingerprint density at radius 1 is 1.25 bits per heavy atom. The van der Waals surface area contributed by atoms with E-state index in [4.69, 9.17) is 16.3 Å². The number of carbonyl (C=O) groups is 3. The zero-order valence-electron chi connectivity index (χ0n) is 21.8. The minimum absolute atomic E-state index is 0.0309. The van der Waals surface area contributed by atoms with Crippen molar-refractivity contribution in [2.45, 2.75) is 49.3 Å². The lowest BCUT2D eigenvalue weighted by atomic mass is 9.92. The van der Waals surface area contributed by atoms with E-state index in [1.165, 1.54) is 42.4 Å². The van der Waals surface area contributed by atoms with Gasteiger partial charge in [0, 0.05) is 31.9 Å². The fourth-order valence-electron chi connectivity index (χ4n) is 4.70. The third-order valence-corrected chi connectivity index (χ3v) is 7.27. The van der Waals surface area contributed by atoms with Gasteiger partial charge in [-0.2, -0.15) is 18.3 Å². The van der Waals surface area contributed by atoms with Gasteiger partial charge in [0.15, 0.2) is 0 Å². The molecule has 0 aromatic carbocycles. The van der Waals surface area contributed by atoms with Crippen LogP contribution in [0.25, 0.3) is 0 Å². The molecule has 11 nitrogen and oxygen atoms in total. The van der Waals surface area contributed by atoms with Crippen LogP contribution in [0.15, 0.2) is 41.9 Å². The van der Waals surface area contributed by atoms with Crippen molar-refractivity contribution < 1.29 is 32.3 Å². The van der Waals surface area contributed by atoms with Gasteiger partial charge in [0.1, 0.15) is 23.3 Å². The van der Waals surface area contributed by atoms with E-state index >= 15 is 0 Å². The van der Waals surface area contributed by atoms with Crippen molar-refractivity contribution in [3.05, 3.63) is 53.1 Å². The lowest BCUT2D eigenvalue weighted by Crippen LogP contribution is -2.40. The maximum absolute atomic E-state index is 13.4. The van der Waals surface area contributed by atoms with Crippen molar-refractivity contribution in [3.8, 4) is 0 Å². The summed E-state index contributed by atoms with van der Waals surface area (Å²) in [5.41, 5.74) is 1.45. The number of ether oxygens (including phenoxy) is 1. The predicted octanol–water partition coefficient (Wildman–Crippen LogP) is 3.26. The first kappa shape index (κ1) is 29.3. The van der Waals surface area contributed by atoms with Crippen LogP contribution < -0.4 is 16.0 Å². The molecular formula is C25H29ClF3N7O4. The summed E-state index contributed by atoms with van der Waals surface area (Å²) in [5.74, 6) is -1.07. The zero-order chi connectivity index (χ0) is 29.0. The number of rotatable bonds is 8. The minimum atomic E-state index is -4.61. The van der Waals surface area contributed by atoms with Crippen LogP contribution in [0.1, 0.15) is 47.8 Å². The fourth-order valence-corrected chi connectivity index (χ4v) is 4.92. The van der Waals surface area contributed by atoms with E-state index in [9.17, 15) is 27.6 Å². The van der Waals surface area contributed by atoms with Gasteiger partial charge in [-0.1, -0.05) is 0 Å². The molecule has 4 amide bonds. The summed E-state index contributed by atoms with van der Waals surface area (Å²) >= 11 is 6.24. The Morgan fingerprint density at radius 2 is 1.98 bits per heavy atom. The Kier molecular flexibility index (Phi) is 8.98. The van der Waals surface area contributed by atoms with Crippen molar-refractivity contribution in [2.75, 3.05) is 25.6 Å². The smallest absolute Gasteiger partial charge is 0.382 e. The molecule has 40 heavy (non-hydrogen) atoms. The Labute approximate surface area is 233 Å². The lowest BCUT2D eigenvalue weighted by molar-refractivity contribution is -0.150. The highest BCUT2D eigenvalue weighted by Gasteiger charge is 2.48. The average Bonchev–Trinajstić information content (AvgIpc) is 3.52. The van der Waals surface area contributed by atoms with Crippen molar-refractivity contribution in [1.29, 1.82) is 0 Å². The molecule has 4 rings (SSSR count). The van der Waals surface area contributed by atoms with E-state index in [0.717, 1.165) is 10.5 Å². The van der Waals surface area contributed by atoms with Gasteiger partial charge >= 0.3 is 12.2 Å². The number of nitrogens with one attached hydrogen (secondary N) is 3. The fraction of sp³-hybridized carbons (Fsp3) is 0.480. The first-order chi connectivity index (χ1) is 19.0. The van der Waals surface area contributed by atoms with Gasteiger partial charge < -0.3 is 25.6 Å². The molecule has 2 aliphatic rings. The molecule has 3 N–H and O–H groups in total. The molecule has 2 fully saturated rings. The highest BCUT2D eigenvalue weighted by Crippen LogP contribution is 2.32. The third kappa shape index (κ3) is 6.73. The van der Waals surface area contributed by atoms with Gasteiger partial charge in [-0.05, 0) is 55.0 Å². The Morgan fingerprint density at radius 3 is 2.58 bits per heavy atom. The van der Waals surface area contributed by atoms with Crippen LogP contribution in [0.5, 0.6) is 0 Å². The molecule has 2 aromatic heterocycles. The second kappa shape index (κ2) is 12.3. The highest BCUT2D eigenvalue weighted by atomic mass is 35.5. The summed E-state index contributed by atoms with van der Waals surface area (Å²) in [6.45, 7) is -0.691. The number of alkyl halides is 4. The molecule has 0 radical (unpaired) electrons. The molecule has 1 aliphatic carbocycles. The maximum atomic E-state index is 13.4. The van der Waals surface area contributed by atoms with Crippen molar-refractivity contribution in [2.24, 2.45) is 7.05 Å². The van der Waals surface area contributed by atoms with Crippen molar-refractivity contribution >= 4 is 35.3 Å². The molecule has 1 saturated carbocycles. The summed E-state index contributed by atoms with van der Waals surface area (Å²) in [5, 5.41) is 11.3. The Hall–Kier alpha value is -3.65. The topological polar surface area (TPSA) is 130 Å². The van der Waals surface area contributed by atoms with Crippen molar-refractivity contribution in [1.82, 2.24) is 30.3 Å². The SMILES string of the molecule is COC[C@H](c1ccnc(NC(=O)C(NC(=O)c2ccnn2C)=C2CCC(Cl)CC2)c1)N1C[C@@H](C(F)(F)F)NC1=O. The lowest BCUT2D eigenvalue weighted by Gasteiger charge is -2.27. The van der Waals surface area contributed by atoms with Crippen LogP contribution in [0.3, 0.4) is 0 Å². The number of hydrogen-bond donors (Lipinski definition) is 3. The molecule has 2 atom stereocenters. The molecule has 0 spiro atoms. The molecule has 0 unspecified atom stereocenters. The number of anilines is 1. The molecule has 216 valence electrons.